The van der Waals surface area contributed by atoms with Crippen LogP contribution in [0.3, 0.4) is 0 Å². The lowest BCUT2D eigenvalue weighted by molar-refractivity contribution is -0.115. The Bertz CT molecular complexity index is 1930. The average Bonchev–Trinajstić information content (AvgIpc) is 3.51. The monoisotopic (exact) mass is 706 g/mol. The molecule has 46 heavy (non-hydrogen) atoms. The highest BCUT2D eigenvalue weighted by molar-refractivity contribution is 8.00. The van der Waals surface area contributed by atoms with E-state index in [1.54, 1.807) is 97.9 Å². The number of carbonyl (C=O) groups excluding carboxylic acids is 3. The van der Waals surface area contributed by atoms with E-state index in [2.05, 4.69) is 20.9 Å². The van der Waals surface area contributed by atoms with Crippen molar-refractivity contribution in [3.63, 3.8) is 0 Å². The predicted molar refractivity (Wildman–Crippen MR) is 190 cm³/mol. The third-order valence-electron chi connectivity index (χ3n) is 6.41. The second-order valence-electron chi connectivity index (χ2n) is 9.83. The molecule has 1 aromatic heterocycles. The molecule has 0 saturated carbocycles. The number of hydrogen-bond acceptors (Lipinski definition) is 6. The molecule has 0 spiro atoms. The van der Waals surface area contributed by atoms with Crippen LogP contribution in [-0.4, -0.2) is 28.0 Å². The Balaban J connectivity index is 1.25. The van der Waals surface area contributed by atoms with Gasteiger partial charge in [0.05, 0.1) is 21.0 Å². The summed E-state index contributed by atoms with van der Waals surface area (Å²) in [6, 6.07) is 27.9. The summed E-state index contributed by atoms with van der Waals surface area (Å²) in [5, 5.41) is 11.6. The third-order valence-corrected chi connectivity index (χ3v) is 9.24. The van der Waals surface area contributed by atoms with Crippen molar-refractivity contribution < 1.29 is 14.4 Å². The summed E-state index contributed by atoms with van der Waals surface area (Å²) in [5.41, 5.74) is 3.02. The van der Waals surface area contributed by atoms with Gasteiger partial charge in [0, 0.05) is 32.1 Å². The first-order chi connectivity index (χ1) is 22.1. The van der Waals surface area contributed by atoms with Crippen LogP contribution < -0.4 is 16.0 Å². The van der Waals surface area contributed by atoms with Crippen molar-refractivity contribution in [1.29, 1.82) is 0 Å². The van der Waals surface area contributed by atoms with Crippen molar-refractivity contribution in [3.05, 3.63) is 134 Å². The summed E-state index contributed by atoms with van der Waals surface area (Å²) < 4.78 is 0. The number of rotatable bonds is 10. The second kappa shape index (κ2) is 15.4. The molecule has 0 radical (unpaired) electrons. The summed E-state index contributed by atoms with van der Waals surface area (Å²) in [6.45, 7) is 1.78. The van der Waals surface area contributed by atoms with Gasteiger partial charge in [-0.25, -0.2) is 4.98 Å². The van der Waals surface area contributed by atoms with E-state index >= 15 is 0 Å². The maximum absolute atomic E-state index is 13.4. The van der Waals surface area contributed by atoms with Crippen LogP contribution in [0.25, 0.3) is 17.3 Å². The van der Waals surface area contributed by atoms with Gasteiger partial charge >= 0.3 is 0 Å². The highest BCUT2D eigenvalue weighted by Crippen LogP contribution is 2.31. The summed E-state index contributed by atoms with van der Waals surface area (Å²) in [5.74, 6) is -1.19. The minimum atomic E-state index is -0.529. The van der Waals surface area contributed by atoms with Crippen molar-refractivity contribution in [1.82, 2.24) is 10.3 Å². The van der Waals surface area contributed by atoms with Gasteiger partial charge < -0.3 is 16.0 Å². The zero-order chi connectivity index (χ0) is 32.6. The van der Waals surface area contributed by atoms with Crippen LogP contribution in [0.2, 0.25) is 15.1 Å². The lowest BCUT2D eigenvalue weighted by atomic mass is 10.1. The topological polar surface area (TPSA) is 100 Å². The number of thiazole rings is 1. The first-order valence-electron chi connectivity index (χ1n) is 13.8. The number of halogens is 3. The van der Waals surface area contributed by atoms with E-state index in [-0.39, 0.29) is 11.6 Å². The fraction of sp³-hybridized carbons (Fsp3) is 0.0588. The molecule has 3 amide bonds. The third kappa shape index (κ3) is 8.99. The summed E-state index contributed by atoms with van der Waals surface area (Å²) in [7, 11) is 0. The summed E-state index contributed by atoms with van der Waals surface area (Å²) >= 11 is 20.9. The van der Waals surface area contributed by atoms with Crippen LogP contribution in [0.4, 0.5) is 10.8 Å². The van der Waals surface area contributed by atoms with Gasteiger partial charge in [-0.3, -0.25) is 14.4 Å². The number of carbonyl (C=O) groups is 3. The molecule has 1 atom stereocenters. The van der Waals surface area contributed by atoms with Gasteiger partial charge in [-0.05, 0) is 73.2 Å². The molecule has 4 aromatic carbocycles. The molecule has 5 rings (SSSR count). The molecular formula is C34H25Cl3N4O3S2. The number of amides is 3. The molecule has 0 saturated heterocycles. The molecule has 0 aliphatic heterocycles. The fourth-order valence-electron chi connectivity index (χ4n) is 4.13. The van der Waals surface area contributed by atoms with E-state index in [9.17, 15) is 14.4 Å². The van der Waals surface area contributed by atoms with Crippen LogP contribution in [0.15, 0.2) is 113 Å². The number of benzene rings is 4. The molecule has 0 bridgehead atoms. The molecule has 0 aliphatic rings. The highest BCUT2D eigenvalue weighted by Gasteiger charge is 2.19. The predicted octanol–water partition coefficient (Wildman–Crippen LogP) is 9.30. The van der Waals surface area contributed by atoms with E-state index in [0.717, 1.165) is 10.5 Å². The Morgan fingerprint density at radius 3 is 2.39 bits per heavy atom. The second-order valence-corrected chi connectivity index (χ2v) is 13.4. The molecule has 12 heteroatoms. The molecule has 5 aromatic rings. The smallest absolute Gasteiger partial charge is 0.272 e. The minimum absolute atomic E-state index is 0.0330. The quantitative estimate of drug-likeness (QED) is 0.0993. The number of nitrogens with one attached hydrogen (secondary N) is 3. The molecule has 0 fully saturated rings. The first-order valence-corrected chi connectivity index (χ1v) is 16.7. The van der Waals surface area contributed by atoms with Crippen LogP contribution in [0.1, 0.15) is 22.8 Å². The average molecular weight is 708 g/mol. The standard InChI is InChI=1S/C34H25Cl3N4O3S2/c1-20(31(42)41-34-40-30(19-45-34)23-13-14-27(36)28(37)17-23)46-26-12-6-11-25(18-26)38-33(44)29(16-21-7-5-10-24(35)15-21)39-32(43)22-8-3-2-4-9-22/h2-20H,1H3,(H,38,44)(H,39,43)(H,40,41,42)/b29-16-. The number of thioether (sulfide) groups is 1. The molecule has 7 nitrogen and oxygen atoms in total. The Morgan fingerprint density at radius 1 is 0.848 bits per heavy atom. The largest absolute Gasteiger partial charge is 0.321 e. The molecule has 3 N–H and O–H groups in total. The van der Waals surface area contributed by atoms with E-state index < -0.39 is 17.1 Å². The van der Waals surface area contributed by atoms with Crippen molar-refractivity contribution in [2.45, 2.75) is 17.1 Å². The number of aromatic nitrogens is 1. The normalized spacial score (nSPS) is 11.9. The number of hydrogen-bond donors (Lipinski definition) is 3. The molecular weight excluding hydrogens is 683 g/mol. The Morgan fingerprint density at radius 2 is 1.63 bits per heavy atom. The van der Waals surface area contributed by atoms with E-state index in [0.29, 0.717) is 42.7 Å². The van der Waals surface area contributed by atoms with Gasteiger partial charge in [0.1, 0.15) is 5.70 Å². The van der Waals surface area contributed by atoms with Crippen molar-refractivity contribution in [2.75, 3.05) is 10.6 Å². The van der Waals surface area contributed by atoms with Crippen molar-refractivity contribution in [2.24, 2.45) is 0 Å². The molecule has 1 heterocycles. The van der Waals surface area contributed by atoms with Gasteiger partial charge in [-0.1, -0.05) is 77.3 Å². The highest BCUT2D eigenvalue weighted by atomic mass is 35.5. The van der Waals surface area contributed by atoms with Crippen molar-refractivity contribution in [3.8, 4) is 11.3 Å². The summed E-state index contributed by atoms with van der Waals surface area (Å²) in [6.07, 6.45) is 1.55. The van der Waals surface area contributed by atoms with Gasteiger partial charge in [-0.2, -0.15) is 0 Å². The maximum Gasteiger partial charge on any atom is 0.272 e. The zero-order valence-corrected chi connectivity index (χ0v) is 28.0. The maximum atomic E-state index is 13.4. The van der Waals surface area contributed by atoms with Crippen LogP contribution in [0.5, 0.6) is 0 Å². The molecule has 232 valence electrons. The number of nitrogens with zero attached hydrogens (tertiary/aromatic N) is 1. The lowest BCUT2D eigenvalue weighted by Gasteiger charge is -2.14. The lowest BCUT2D eigenvalue weighted by Crippen LogP contribution is -2.30. The molecule has 0 aliphatic carbocycles. The summed E-state index contributed by atoms with van der Waals surface area (Å²) in [4.78, 5) is 44.6. The van der Waals surface area contributed by atoms with E-state index in [4.69, 9.17) is 34.8 Å². The van der Waals surface area contributed by atoms with Gasteiger partial charge in [0.25, 0.3) is 11.8 Å². The fourth-order valence-corrected chi connectivity index (χ4v) is 6.28. The minimum Gasteiger partial charge on any atom is -0.321 e. The van der Waals surface area contributed by atoms with Crippen LogP contribution >= 0.6 is 57.9 Å². The van der Waals surface area contributed by atoms with Crippen molar-refractivity contribution >= 4 is 92.5 Å². The van der Waals surface area contributed by atoms with Crippen LogP contribution in [0, 0.1) is 0 Å². The Labute approximate surface area is 289 Å². The first kappa shape index (κ1) is 33.2. The van der Waals surface area contributed by atoms with Gasteiger partial charge in [-0.15, -0.1) is 23.1 Å². The van der Waals surface area contributed by atoms with E-state index in [1.807, 2.05) is 17.5 Å². The zero-order valence-electron chi connectivity index (χ0n) is 24.1. The molecule has 1 unspecified atom stereocenters. The Kier molecular flexibility index (Phi) is 11.2. The van der Waals surface area contributed by atoms with Crippen LogP contribution in [-0.2, 0) is 9.59 Å². The van der Waals surface area contributed by atoms with Gasteiger partial charge in [0.2, 0.25) is 5.91 Å². The van der Waals surface area contributed by atoms with E-state index in [1.165, 1.54) is 23.1 Å². The SMILES string of the molecule is CC(Sc1cccc(NC(=O)/C(=C/c2cccc(Cl)c2)NC(=O)c2ccccc2)c1)C(=O)Nc1nc(-c2ccc(Cl)c(Cl)c2)cs1. The van der Waals surface area contributed by atoms with Gasteiger partial charge in [0.15, 0.2) is 5.13 Å². The Hall–Kier alpha value is -4.12. The number of anilines is 2.